The topological polar surface area (TPSA) is 15.3 Å². The van der Waals surface area contributed by atoms with Gasteiger partial charge in [0.25, 0.3) is 0 Å². The van der Waals surface area contributed by atoms with Gasteiger partial charge in [-0.3, -0.25) is 0 Å². The normalized spacial score (nSPS) is 11.1. The standard InChI is InChI=1S/C12H19BrN2/c1-10(2)15(3)9-8-14-12-7-5-4-6-11(12)13/h4-7,10,14H,8-9H2,1-3H3. The molecule has 3 heteroatoms. The Balaban J connectivity index is 2.35. The lowest BCUT2D eigenvalue weighted by Gasteiger charge is -2.21. The van der Waals surface area contributed by atoms with Crippen molar-refractivity contribution >= 4 is 21.6 Å². The van der Waals surface area contributed by atoms with Gasteiger partial charge in [0.05, 0.1) is 0 Å². The van der Waals surface area contributed by atoms with Gasteiger partial charge in [0.2, 0.25) is 0 Å². The van der Waals surface area contributed by atoms with Gasteiger partial charge in [-0.2, -0.15) is 0 Å². The zero-order chi connectivity index (χ0) is 11.3. The van der Waals surface area contributed by atoms with Crippen LogP contribution in [0.3, 0.4) is 0 Å². The van der Waals surface area contributed by atoms with Crippen LogP contribution in [0.4, 0.5) is 5.69 Å². The summed E-state index contributed by atoms with van der Waals surface area (Å²) in [5, 5.41) is 3.41. The fourth-order valence-corrected chi connectivity index (χ4v) is 1.65. The number of hydrogen-bond acceptors (Lipinski definition) is 2. The number of hydrogen-bond donors (Lipinski definition) is 1. The third-order valence-corrected chi connectivity index (χ3v) is 3.23. The van der Waals surface area contributed by atoms with Crippen molar-refractivity contribution in [2.24, 2.45) is 0 Å². The molecule has 15 heavy (non-hydrogen) atoms. The van der Waals surface area contributed by atoms with Crippen LogP contribution >= 0.6 is 15.9 Å². The van der Waals surface area contributed by atoms with Crippen LogP contribution in [0.25, 0.3) is 0 Å². The van der Waals surface area contributed by atoms with Crippen LogP contribution in [0.15, 0.2) is 28.7 Å². The van der Waals surface area contributed by atoms with E-state index in [1.54, 1.807) is 0 Å². The van der Waals surface area contributed by atoms with Gasteiger partial charge in [-0.1, -0.05) is 12.1 Å². The monoisotopic (exact) mass is 270 g/mol. The SMILES string of the molecule is CC(C)N(C)CCNc1ccccc1Br. The Hall–Kier alpha value is -0.540. The Morgan fingerprint density at radius 2 is 2.00 bits per heavy atom. The molecular weight excluding hydrogens is 252 g/mol. The number of benzene rings is 1. The molecule has 0 aliphatic rings. The molecule has 0 aliphatic heterocycles. The Morgan fingerprint density at radius 3 is 2.60 bits per heavy atom. The lowest BCUT2D eigenvalue weighted by atomic mass is 10.3. The fourth-order valence-electron chi connectivity index (χ4n) is 1.23. The smallest absolute Gasteiger partial charge is 0.0485 e. The van der Waals surface area contributed by atoms with Crippen molar-refractivity contribution < 1.29 is 0 Å². The minimum atomic E-state index is 0.603. The maximum absolute atomic E-state index is 3.52. The minimum absolute atomic E-state index is 0.603. The molecule has 1 N–H and O–H groups in total. The van der Waals surface area contributed by atoms with Crippen molar-refractivity contribution in [3.8, 4) is 0 Å². The maximum Gasteiger partial charge on any atom is 0.0485 e. The van der Waals surface area contributed by atoms with Gasteiger partial charge in [0.1, 0.15) is 0 Å². The van der Waals surface area contributed by atoms with Crippen LogP contribution in [0, 0.1) is 0 Å². The van der Waals surface area contributed by atoms with Gasteiger partial charge in [-0.15, -0.1) is 0 Å². The quantitative estimate of drug-likeness (QED) is 0.884. The summed E-state index contributed by atoms with van der Waals surface area (Å²) in [6.45, 7) is 6.44. The first-order valence-electron chi connectivity index (χ1n) is 5.30. The number of para-hydroxylation sites is 1. The van der Waals surface area contributed by atoms with Crippen molar-refractivity contribution in [2.75, 3.05) is 25.5 Å². The number of anilines is 1. The number of nitrogens with one attached hydrogen (secondary N) is 1. The Labute approximate surface area is 101 Å². The second-order valence-corrected chi connectivity index (χ2v) is 4.84. The van der Waals surface area contributed by atoms with Crippen LogP contribution < -0.4 is 5.32 Å². The highest BCUT2D eigenvalue weighted by molar-refractivity contribution is 9.10. The van der Waals surface area contributed by atoms with Crippen molar-refractivity contribution in [2.45, 2.75) is 19.9 Å². The van der Waals surface area contributed by atoms with E-state index in [0.29, 0.717) is 6.04 Å². The highest BCUT2D eigenvalue weighted by atomic mass is 79.9. The summed E-state index contributed by atoms with van der Waals surface area (Å²) < 4.78 is 1.12. The van der Waals surface area contributed by atoms with Gasteiger partial charge in [0.15, 0.2) is 0 Å². The Morgan fingerprint density at radius 1 is 1.33 bits per heavy atom. The van der Waals surface area contributed by atoms with Crippen molar-refractivity contribution in [1.82, 2.24) is 4.90 Å². The number of likely N-dealkylation sites (N-methyl/N-ethyl adjacent to an activating group) is 1. The predicted molar refractivity (Wildman–Crippen MR) is 70.4 cm³/mol. The van der Waals surface area contributed by atoms with Crippen molar-refractivity contribution in [1.29, 1.82) is 0 Å². The average molecular weight is 271 g/mol. The van der Waals surface area contributed by atoms with E-state index in [4.69, 9.17) is 0 Å². The molecule has 0 heterocycles. The summed E-state index contributed by atoms with van der Waals surface area (Å²) in [4.78, 5) is 2.32. The van der Waals surface area contributed by atoms with Crippen LogP contribution in [0.2, 0.25) is 0 Å². The molecule has 0 aromatic heterocycles. The molecule has 0 spiro atoms. The van der Waals surface area contributed by atoms with E-state index in [1.165, 1.54) is 0 Å². The minimum Gasteiger partial charge on any atom is -0.383 e. The highest BCUT2D eigenvalue weighted by Gasteiger charge is 2.02. The van der Waals surface area contributed by atoms with Crippen LogP contribution in [0.1, 0.15) is 13.8 Å². The van der Waals surface area contributed by atoms with E-state index in [-0.39, 0.29) is 0 Å². The summed E-state index contributed by atoms with van der Waals surface area (Å²) in [7, 11) is 2.15. The van der Waals surface area contributed by atoms with Gasteiger partial charge >= 0.3 is 0 Å². The van der Waals surface area contributed by atoms with E-state index in [1.807, 2.05) is 12.1 Å². The molecule has 1 aromatic carbocycles. The zero-order valence-corrected chi connectivity index (χ0v) is 11.2. The predicted octanol–water partition coefficient (Wildman–Crippen LogP) is 3.20. The first-order chi connectivity index (χ1) is 7.11. The molecule has 1 aromatic rings. The number of nitrogens with zero attached hydrogens (tertiary/aromatic N) is 1. The fraction of sp³-hybridized carbons (Fsp3) is 0.500. The van der Waals surface area contributed by atoms with E-state index in [0.717, 1.165) is 23.2 Å². The second-order valence-electron chi connectivity index (χ2n) is 3.98. The molecule has 0 amide bonds. The summed E-state index contributed by atoms with van der Waals surface area (Å²) in [5.74, 6) is 0. The molecule has 1 rings (SSSR count). The first-order valence-corrected chi connectivity index (χ1v) is 6.09. The van der Waals surface area contributed by atoms with E-state index >= 15 is 0 Å². The molecule has 0 saturated carbocycles. The van der Waals surface area contributed by atoms with E-state index in [2.05, 4.69) is 59.2 Å². The van der Waals surface area contributed by atoms with Crippen LogP contribution in [-0.4, -0.2) is 31.1 Å². The molecule has 0 aliphatic carbocycles. The lowest BCUT2D eigenvalue weighted by molar-refractivity contribution is 0.284. The molecule has 0 unspecified atom stereocenters. The molecule has 0 fully saturated rings. The second kappa shape index (κ2) is 6.13. The van der Waals surface area contributed by atoms with Gasteiger partial charge in [-0.05, 0) is 49.0 Å². The molecule has 0 saturated heterocycles. The van der Waals surface area contributed by atoms with Crippen LogP contribution in [-0.2, 0) is 0 Å². The lowest BCUT2D eigenvalue weighted by Crippen LogP contribution is -2.31. The average Bonchev–Trinajstić information content (AvgIpc) is 2.20. The third kappa shape index (κ3) is 4.22. The molecule has 0 atom stereocenters. The molecule has 0 radical (unpaired) electrons. The number of halogens is 1. The number of rotatable bonds is 5. The molecule has 2 nitrogen and oxygen atoms in total. The van der Waals surface area contributed by atoms with E-state index < -0.39 is 0 Å². The summed E-state index contributed by atoms with van der Waals surface area (Å²) in [5.41, 5.74) is 1.16. The van der Waals surface area contributed by atoms with E-state index in [9.17, 15) is 0 Å². The largest absolute Gasteiger partial charge is 0.383 e. The molecule has 0 bridgehead atoms. The maximum atomic E-state index is 3.52. The summed E-state index contributed by atoms with van der Waals surface area (Å²) in [6, 6.07) is 8.80. The summed E-state index contributed by atoms with van der Waals surface area (Å²) >= 11 is 3.52. The Kier molecular flexibility index (Phi) is 5.12. The van der Waals surface area contributed by atoms with Gasteiger partial charge in [-0.25, -0.2) is 0 Å². The van der Waals surface area contributed by atoms with Gasteiger partial charge in [0, 0.05) is 29.3 Å². The zero-order valence-electron chi connectivity index (χ0n) is 9.63. The van der Waals surface area contributed by atoms with Crippen molar-refractivity contribution in [3.05, 3.63) is 28.7 Å². The highest BCUT2D eigenvalue weighted by Crippen LogP contribution is 2.20. The van der Waals surface area contributed by atoms with Gasteiger partial charge < -0.3 is 10.2 Å². The molecule has 84 valence electrons. The summed E-state index contributed by atoms with van der Waals surface area (Å²) in [6.07, 6.45) is 0. The van der Waals surface area contributed by atoms with Crippen molar-refractivity contribution in [3.63, 3.8) is 0 Å². The molecular formula is C12H19BrN2. The third-order valence-electron chi connectivity index (χ3n) is 2.54. The van der Waals surface area contributed by atoms with Crippen LogP contribution in [0.5, 0.6) is 0 Å². The first kappa shape index (κ1) is 12.5. The Bertz CT molecular complexity index is 299.